The average molecular weight is 811 g/mol. The van der Waals surface area contributed by atoms with E-state index in [9.17, 15) is 0 Å². The van der Waals surface area contributed by atoms with Crippen molar-refractivity contribution in [2.24, 2.45) is 0 Å². The van der Waals surface area contributed by atoms with Crippen molar-refractivity contribution in [1.82, 2.24) is 19.9 Å². The van der Waals surface area contributed by atoms with Crippen molar-refractivity contribution in [3.8, 4) is 78.7 Å². The summed E-state index contributed by atoms with van der Waals surface area (Å²) in [5, 5.41) is 4.87. The minimum absolute atomic E-state index is 0.154. The Morgan fingerprint density at radius 3 is 1.73 bits per heavy atom. The van der Waals surface area contributed by atoms with Crippen LogP contribution in [0.2, 0.25) is 0 Å². The molecule has 62 heavy (non-hydrogen) atoms. The molecule has 0 spiro atoms. The van der Waals surface area contributed by atoms with Gasteiger partial charge in [0.05, 0.1) is 0 Å². The van der Waals surface area contributed by atoms with Crippen LogP contribution in [0.1, 0.15) is 25.0 Å². The van der Waals surface area contributed by atoms with Gasteiger partial charge in [-0.2, -0.15) is 0 Å². The summed E-state index contributed by atoms with van der Waals surface area (Å²) >= 11 is 1.81. The Kier molecular flexibility index (Phi) is 8.34. The third-order valence-corrected chi connectivity index (χ3v) is 13.9. The number of hydrogen-bond acceptors (Lipinski definition) is 5. The molecular weight excluding hydrogens is 773 g/mol. The molecule has 5 heteroatoms. The second-order valence-corrected chi connectivity index (χ2v) is 17.7. The maximum Gasteiger partial charge on any atom is 0.165 e. The van der Waals surface area contributed by atoms with Gasteiger partial charge < -0.3 is 0 Å². The van der Waals surface area contributed by atoms with Crippen molar-refractivity contribution in [3.63, 3.8) is 0 Å². The number of hydrogen-bond donors (Lipinski definition) is 0. The van der Waals surface area contributed by atoms with Gasteiger partial charge in [0.1, 0.15) is 0 Å². The number of nitrogens with zero attached hydrogens (tertiary/aromatic N) is 4. The van der Waals surface area contributed by atoms with Gasteiger partial charge in [-0.05, 0) is 90.7 Å². The van der Waals surface area contributed by atoms with E-state index in [0.29, 0.717) is 17.5 Å². The van der Waals surface area contributed by atoms with Crippen LogP contribution in [-0.4, -0.2) is 19.9 Å². The molecule has 12 rings (SSSR count). The van der Waals surface area contributed by atoms with E-state index >= 15 is 0 Å². The summed E-state index contributed by atoms with van der Waals surface area (Å²) in [5.74, 6) is 1.96. The molecule has 0 aliphatic heterocycles. The molecule has 0 radical (unpaired) electrons. The molecule has 8 aromatic carbocycles. The Morgan fingerprint density at radius 1 is 0.371 bits per heavy atom. The molecule has 3 aromatic heterocycles. The van der Waals surface area contributed by atoms with Gasteiger partial charge in [0.15, 0.2) is 17.5 Å². The van der Waals surface area contributed by atoms with E-state index in [-0.39, 0.29) is 5.41 Å². The van der Waals surface area contributed by atoms with Crippen LogP contribution in [0.3, 0.4) is 0 Å². The summed E-state index contributed by atoms with van der Waals surface area (Å²) < 4.78 is 2.39. The molecule has 0 atom stereocenters. The number of rotatable bonds is 6. The summed E-state index contributed by atoms with van der Waals surface area (Å²) in [6.45, 7) is 4.63. The topological polar surface area (TPSA) is 51.6 Å². The molecule has 11 aromatic rings. The van der Waals surface area contributed by atoms with E-state index in [2.05, 4.69) is 195 Å². The van der Waals surface area contributed by atoms with Crippen molar-refractivity contribution in [1.29, 1.82) is 0 Å². The predicted molar refractivity (Wildman–Crippen MR) is 258 cm³/mol. The monoisotopic (exact) mass is 810 g/mol. The van der Waals surface area contributed by atoms with Crippen LogP contribution in [0, 0.1) is 0 Å². The maximum absolute atomic E-state index is 5.33. The lowest BCUT2D eigenvalue weighted by Crippen LogP contribution is -2.15. The lowest BCUT2D eigenvalue weighted by molar-refractivity contribution is 0.660. The Bertz CT molecular complexity index is 3530. The van der Waals surface area contributed by atoms with Crippen molar-refractivity contribution in [2.75, 3.05) is 0 Å². The fourth-order valence-electron chi connectivity index (χ4n) is 9.38. The highest BCUT2D eigenvalue weighted by atomic mass is 32.1. The van der Waals surface area contributed by atoms with Crippen LogP contribution in [0.25, 0.3) is 110 Å². The van der Waals surface area contributed by atoms with Gasteiger partial charge in [0.25, 0.3) is 0 Å². The number of benzene rings is 8. The molecule has 0 amide bonds. The molecule has 1 aliphatic carbocycles. The quantitative estimate of drug-likeness (QED) is 0.168. The van der Waals surface area contributed by atoms with Crippen molar-refractivity contribution in [2.45, 2.75) is 19.3 Å². The number of aromatic nitrogens is 4. The first kappa shape index (κ1) is 36.3. The lowest BCUT2D eigenvalue weighted by Gasteiger charge is -2.21. The lowest BCUT2D eigenvalue weighted by atomic mass is 9.82. The van der Waals surface area contributed by atoms with Crippen LogP contribution in [-0.2, 0) is 5.41 Å². The van der Waals surface area contributed by atoms with E-state index < -0.39 is 0 Å². The van der Waals surface area contributed by atoms with Gasteiger partial charge in [-0.25, -0.2) is 15.0 Å². The van der Waals surface area contributed by atoms with E-state index in [1.54, 1.807) is 0 Å². The van der Waals surface area contributed by atoms with Crippen molar-refractivity contribution in [3.05, 3.63) is 206 Å². The smallest absolute Gasteiger partial charge is 0.165 e. The Hall–Kier alpha value is -7.60. The van der Waals surface area contributed by atoms with E-state index in [1.165, 1.54) is 65.2 Å². The first-order valence-corrected chi connectivity index (χ1v) is 21.8. The highest BCUT2D eigenvalue weighted by molar-refractivity contribution is 7.26. The second-order valence-electron chi connectivity index (χ2n) is 16.7. The highest BCUT2D eigenvalue weighted by Crippen LogP contribution is 2.50. The van der Waals surface area contributed by atoms with Gasteiger partial charge in [-0.3, -0.25) is 4.98 Å². The van der Waals surface area contributed by atoms with Gasteiger partial charge in [-0.1, -0.05) is 172 Å². The first-order chi connectivity index (χ1) is 30.5. The molecule has 0 saturated heterocycles. The fourth-order valence-corrected chi connectivity index (χ4v) is 10.7. The molecule has 0 unspecified atom stereocenters. The minimum atomic E-state index is -0.154. The molecule has 0 saturated carbocycles. The summed E-state index contributed by atoms with van der Waals surface area (Å²) in [6, 6.07) is 65.3. The number of fused-ring (bicyclic) bond motifs is 7. The zero-order chi connectivity index (χ0) is 41.4. The third-order valence-electron chi connectivity index (χ3n) is 12.7. The van der Waals surface area contributed by atoms with Crippen LogP contribution >= 0.6 is 11.3 Å². The largest absolute Gasteiger partial charge is 0.264 e. The van der Waals surface area contributed by atoms with Crippen molar-refractivity contribution >= 4 is 42.3 Å². The predicted octanol–water partition coefficient (Wildman–Crippen LogP) is 15.1. The summed E-state index contributed by atoms with van der Waals surface area (Å²) in [5.41, 5.74) is 14.9. The molecular formula is C57H38N4S. The highest BCUT2D eigenvalue weighted by Gasteiger charge is 2.35. The summed E-state index contributed by atoms with van der Waals surface area (Å²) in [4.78, 5) is 20.2. The zero-order valence-corrected chi connectivity index (χ0v) is 35.0. The van der Waals surface area contributed by atoms with Gasteiger partial charge in [0.2, 0.25) is 0 Å². The maximum atomic E-state index is 5.33. The van der Waals surface area contributed by atoms with E-state index in [1.807, 2.05) is 29.8 Å². The number of thiophene rings is 1. The fraction of sp³-hybridized carbons (Fsp3) is 0.0526. The van der Waals surface area contributed by atoms with Crippen LogP contribution in [0.4, 0.5) is 0 Å². The molecule has 1 aliphatic rings. The van der Waals surface area contributed by atoms with Gasteiger partial charge in [0, 0.05) is 54.7 Å². The summed E-state index contributed by atoms with van der Waals surface area (Å²) in [7, 11) is 0. The normalized spacial score (nSPS) is 12.8. The summed E-state index contributed by atoms with van der Waals surface area (Å²) in [6.07, 6.45) is 3.72. The molecule has 0 bridgehead atoms. The standard InChI is InChI=1S/C57H38N4S/c1-57(2)50-18-6-5-13-45(50)46-30-29-42(33-51(46)57)55-59-54(39-26-21-36(22-27-39)41-28-23-35-10-3-4-11-40(35)32-41)60-56(61-55)49-17-8-16-48-47-15-7-14-44(52(47)62-53(48)49)38-24-19-37(20-25-38)43-12-9-31-58-34-43/h3-34H,1-2H3. The van der Waals surface area contributed by atoms with Crippen LogP contribution in [0.15, 0.2) is 194 Å². The second kappa shape index (κ2) is 14.3. The molecule has 3 heterocycles. The Balaban J connectivity index is 1.000. The van der Waals surface area contributed by atoms with E-state index in [4.69, 9.17) is 15.0 Å². The SMILES string of the molecule is CC1(C)c2ccccc2-c2ccc(-c3nc(-c4ccc(-c5ccc6ccccc6c5)cc4)nc(-c4cccc5c4sc4c(-c6ccc(-c7cccnc7)cc6)cccc45)n3)cc21. The first-order valence-electron chi connectivity index (χ1n) is 21.0. The molecule has 292 valence electrons. The third kappa shape index (κ3) is 5.96. The molecule has 0 fully saturated rings. The zero-order valence-electron chi connectivity index (χ0n) is 34.2. The molecule has 0 N–H and O–H groups in total. The average Bonchev–Trinajstić information content (AvgIpc) is 3.83. The van der Waals surface area contributed by atoms with Gasteiger partial charge >= 0.3 is 0 Å². The van der Waals surface area contributed by atoms with Crippen LogP contribution < -0.4 is 0 Å². The Labute approximate surface area is 363 Å². The van der Waals surface area contributed by atoms with E-state index in [0.717, 1.165) is 38.1 Å². The number of pyridine rings is 1. The van der Waals surface area contributed by atoms with Crippen LogP contribution in [0.5, 0.6) is 0 Å². The van der Waals surface area contributed by atoms with Gasteiger partial charge in [-0.15, -0.1) is 11.3 Å². The molecule has 4 nitrogen and oxygen atoms in total. The Morgan fingerprint density at radius 2 is 0.952 bits per heavy atom. The minimum Gasteiger partial charge on any atom is -0.264 e. The van der Waals surface area contributed by atoms with Crippen molar-refractivity contribution < 1.29 is 0 Å².